The highest BCUT2D eigenvalue weighted by atomic mass is 19.1. The molecule has 50 heavy (non-hydrogen) atoms. The van der Waals surface area contributed by atoms with Gasteiger partial charge in [0.05, 0.1) is 11.1 Å². The van der Waals surface area contributed by atoms with Gasteiger partial charge in [-0.25, -0.2) is 8.78 Å². The van der Waals surface area contributed by atoms with E-state index in [2.05, 4.69) is 20.4 Å². The third-order valence-electron chi connectivity index (χ3n) is 11.5. The number of rotatable bonds is 6. The maximum absolute atomic E-state index is 15.3. The number of carbonyl (C=O) groups is 5. The van der Waals surface area contributed by atoms with Gasteiger partial charge >= 0.3 is 0 Å². The van der Waals surface area contributed by atoms with Crippen molar-refractivity contribution in [3.8, 4) is 0 Å². The Morgan fingerprint density at radius 2 is 1.38 bits per heavy atom. The molecule has 7 rings (SSSR count). The number of amides is 5. The molecule has 5 amide bonds. The van der Waals surface area contributed by atoms with Crippen molar-refractivity contribution in [3.05, 3.63) is 58.7 Å². The summed E-state index contributed by atoms with van der Waals surface area (Å²) in [6, 6.07) is 6.88. The zero-order valence-electron chi connectivity index (χ0n) is 29.0. The van der Waals surface area contributed by atoms with Crippen molar-refractivity contribution >= 4 is 40.9 Å². The van der Waals surface area contributed by atoms with Crippen molar-refractivity contribution in [2.24, 2.45) is 10.8 Å². The monoisotopic (exact) mass is 690 g/mol. The van der Waals surface area contributed by atoms with Crippen LogP contribution in [0, 0.1) is 22.5 Å². The summed E-state index contributed by atoms with van der Waals surface area (Å²) < 4.78 is 30.5. The number of piperazine rings is 1. The lowest BCUT2D eigenvalue weighted by molar-refractivity contribution is -0.136. The van der Waals surface area contributed by atoms with Crippen LogP contribution in [0.1, 0.15) is 90.9 Å². The van der Waals surface area contributed by atoms with Gasteiger partial charge in [0, 0.05) is 69.1 Å². The van der Waals surface area contributed by atoms with Gasteiger partial charge in [-0.05, 0) is 66.8 Å². The van der Waals surface area contributed by atoms with Crippen LogP contribution < -0.4 is 20.4 Å². The summed E-state index contributed by atoms with van der Waals surface area (Å²) >= 11 is 0. The lowest BCUT2D eigenvalue weighted by Gasteiger charge is -2.57. The van der Waals surface area contributed by atoms with Crippen LogP contribution in [0.4, 0.5) is 20.2 Å². The fourth-order valence-electron chi connectivity index (χ4n) is 9.35. The molecule has 1 aliphatic carbocycles. The highest BCUT2D eigenvalue weighted by molar-refractivity contribution is 6.23. The SMILES string of the molecule is CC1(C)CC(C)(C)C1NC(=O)c1c(F)cc(N2CCN(C3CCN(c4ccc5c(c4)C(=O)N(C4CCC(=O)NC4=O)C5=O)CC3)CC2)cc1F. The second-order valence-electron chi connectivity index (χ2n) is 15.8. The molecular weight excluding hydrogens is 646 g/mol. The standard InChI is InChI=1S/C37H44F2N6O5/c1-36(2)20-37(3,4)35(36)41-32(48)30-26(38)18-23(19-27(30)39)44-15-13-43(14-16-44)21-9-11-42(12-10-21)22-5-6-24-25(17-22)34(50)45(33(24)49)28-7-8-29(46)40-31(28)47/h5-6,17-19,21,28,35H,7-16,20H2,1-4H3,(H,41,48)(H,40,46,47). The maximum atomic E-state index is 15.3. The molecular formula is C37H44F2N6O5. The number of hydrogen-bond acceptors (Lipinski definition) is 8. The van der Waals surface area contributed by atoms with Crippen LogP contribution in [0.25, 0.3) is 0 Å². The molecule has 1 atom stereocenters. The predicted octanol–water partition coefficient (Wildman–Crippen LogP) is 3.71. The Morgan fingerprint density at radius 1 is 0.780 bits per heavy atom. The molecule has 1 unspecified atom stereocenters. The van der Waals surface area contributed by atoms with Gasteiger partial charge in [-0.2, -0.15) is 0 Å². The number of hydrogen-bond donors (Lipinski definition) is 2. The summed E-state index contributed by atoms with van der Waals surface area (Å²) in [5.74, 6) is -4.52. The van der Waals surface area contributed by atoms with Crippen molar-refractivity contribution in [1.29, 1.82) is 0 Å². The number of halogens is 2. The van der Waals surface area contributed by atoms with Crippen LogP contribution in [-0.4, -0.2) is 96.7 Å². The van der Waals surface area contributed by atoms with Gasteiger partial charge in [-0.3, -0.25) is 39.1 Å². The molecule has 3 saturated heterocycles. The third-order valence-corrected chi connectivity index (χ3v) is 11.5. The number of anilines is 2. The Labute approximate surface area is 290 Å². The van der Waals surface area contributed by atoms with Crippen LogP contribution in [-0.2, 0) is 9.59 Å². The minimum absolute atomic E-state index is 0.0707. The van der Waals surface area contributed by atoms with E-state index in [4.69, 9.17) is 0 Å². The molecule has 2 N–H and O–H groups in total. The molecule has 0 aromatic heterocycles. The first-order valence-corrected chi connectivity index (χ1v) is 17.5. The van der Waals surface area contributed by atoms with Crippen LogP contribution in [0.3, 0.4) is 0 Å². The summed E-state index contributed by atoms with van der Waals surface area (Å²) in [4.78, 5) is 70.9. The molecule has 1 saturated carbocycles. The average Bonchev–Trinajstić information content (AvgIpc) is 3.31. The lowest BCUT2D eigenvalue weighted by atomic mass is 9.52. The van der Waals surface area contributed by atoms with E-state index in [-0.39, 0.29) is 40.8 Å². The van der Waals surface area contributed by atoms with E-state index in [0.29, 0.717) is 24.8 Å². The van der Waals surface area contributed by atoms with Gasteiger partial charge in [0.25, 0.3) is 17.7 Å². The van der Waals surface area contributed by atoms with Crippen LogP contribution in [0.15, 0.2) is 30.3 Å². The minimum atomic E-state index is -0.999. The summed E-state index contributed by atoms with van der Waals surface area (Å²) in [6.07, 6.45) is 2.86. The Bertz CT molecular complexity index is 1740. The van der Waals surface area contributed by atoms with Gasteiger partial charge in [0.1, 0.15) is 23.2 Å². The van der Waals surface area contributed by atoms with Crippen molar-refractivity contribution in [2.45, 2.75) is 77.9 Å². The number of nitrogens with zero attached hydrogens (tertiary/aromatic N) is 4. The normalized spacial score (nSPS) is 24.3. The summed E-state index contributed by atoms with van der Waals surface area (Å²) in [6.45, 7) is 12.3. The van der Waals surface area contributed by atoms with E-state index in [1.807, 2.05) is 38.7 Å². The Hall–Kier alpha value is -4.39. The van der Waals surface area contributed by atoms with E-state index >= 15 is 8.78 Å². The van der Waals surface area contributed by atoms with Gasteiger partial charge in [0.2, 0.25) is 11.8 Å². The highest BCUT2D eigenvalue weighted by Crippen LogP contribution is 2.53. The highest BCUT2D eigenvalue weighted by Gasteiger charge is 2.53. The number of imide groups is 2. The second-order valence-corrected chi connectivity index (χ2v) is 15.8. The number of carbonyl (C=O) groups excluding carboxylic acids is 5. The Kier molecular flexibility index (Phi) is 8.47. The first-order valence-electron chi connectivity index (χ1n) is 17.5. The van der Waals surface area contributed by atoms with Crippen LogP contribution in [0.2, 0.25) is 0 Å². The van der Waals surface area contributed by atoms with Crippen molar-refractivity contribution in [2.75, 3.05) is 49.1 Å². The quantitative estimate of drug-likeness (QED) is 0.441. The lowest BCUT2D eigenvalue weighted by Crippen LogP contribution is -2.63. The topological polar surface area (TPSA) is 122 Å². The Morgan fingerprint density at radius 3 is 1.98 bits per heavy atom. The molecule has 5 aliphatic rings. The van der Waals surface area contributed by atoms with E-state index < -0.39 is 52.8 Å². The molecule has 4 heterocycles. The molecule has 0 bridgehead atoms. The van der Waals surface area contributed by atoms with Gasteiger partial charge in [0.15, 0.2) is 0 Å². The maximum Gasteiger partial charge on any atom is 0.262 e. The third kappa shape index (κ3) is 5.92. The molecule has 13 heteroatoms. The first kappa shape index (κ1) is 34.1. The van der Waals surface area contributed by atoms with E-state index in [1.54, 1.807) is 12.1 Å². The van der Waals surface area contributed by atoms with Gasteiger partial charge in [-0.1, -0.05) is 27.7 Å². The van der Waals surface area contributed by atoms with Crippen molar-refractivity contribution < 1.29 is 32.8 Å². The average molecular weight is 691 g/mol. The molecule has 4 fully saturated rings. The molecule has 0 radical (unpaired) electrons. The predicted molar refractivity (Wildman–Crippen MR) is 182 cm³/mol. The van der Waals surface area contributed by atoms with Crippen molar-refractivity contribution in [3.63, 3.8) is 0 Å². The summed E-state index contributed by atoms with van der Waals surface area (Å²) in [5, 5.41) is 5.10. The van der Waals surface area contributed by atoms with Gasteiger partial charge < -0.3 is 15.1 Å². The smallest absolute Gasteiger partial charge is 0.262 e. The second kappa shape index (κ2) is 12.4. The summed E-state index contributed by atoms with van der Waals surface area (Å²) in [5.41, 5.74) is 0.962. The van der Waals surface area contributed by atoms with Crippen LogP contribution >= 0.6 is 0 Å². The van der Waals surface area contributed by atoms with Gasteiger partial charge in [-0.15, -0.1) is 0 Å². The van der Waals surface area contributed by atoms with Crippen molar-refractivity contribution in [1.82, 2.24) is 20.4 Å². The number of piperidine rings is 2. The molecule has 266 valence electrons. The molecule has 2 aromatic rings. The van der Waals surface area contributed by atoms with E-state index in [1.165, 1.54) is 12.1 Å². The summed E-state index contributed by atoms with van der Waals surface area (Å²) in [7, 11) is 0. The number of fused-ring (bicyclic) bond motifs is 1. The van der Waals surface area contributed by atoms with Crippen LogP contribution in [0.5, 0.6) is 0 Å². The Balaban J connectivity index is 0.931. The number of benzene rings is 2. The molecule has 0 spiro atoms. The fourth-order valence-corrected chi connectivity index (χ4v) is 9.35. The molecule has 11 nitrogen and oxygen atoms in total. The first-order chi connectivity index (χ1) is 23.6. The largest absolute Gasteiger partial charge is 0.371 e. The van der Waals surface area contributed by atoms with E-state index in [0.717, 1.165) is 56.0 Å². The minimum Gasteiger partial charge on any atom is -0.371 e. The van der Waals surface area contributed by atoms with E-state index in [9.17, 15) is 24.0 Å². The molecule has 4 aliphatic heterocycles. The fraction of sp³-hybridized carbons (Fsp3) is 0.541. The zero-order valence-corrected chi connectivity index (χ0v) is 29.0. The molecule has 2 aromatic carbocycles. The zero-order chi connectivity index (χ0) is 35.7. The number of nitrogens with one attached hydrogen (secondary N) is 2.